The lowest BCUT2D eigenvalue weighted by Gasteiger charge is -2.16. The molecule has 0 aliphatic carbocycles. The highest BCUT2D eigenvalue weighted by Gasteiger charge is 2.16. The Morgan fingerprint density at radius 1 is 0.337 bits per heavy atom. The lowest BCUT2D eigenvalue weighted by Crippen LogP contribution is -2.07. The Morgan fingerprint density at radius 3 is 1.03 bits per heavy atom. The molecule has 0 fully saturated rings. The second-order valence-corrected chi connectivity index (χ2v) is 19.8. The number of methoxy groups -OCH3 is 4. The summed E-state index contributed by atoms with van der Waals surface area (Å²) < 4.78 is 42.7. The van der Waals surface area contributed by atoms with Gasteiger partial charge in [0.1, 0.15) is 36.2 Å². The van der Waals surface area contributed by atoms with Crippen molar-refractivity contribution in [1.82, 2.24) is 0 Å². The lowest BCUT2D eigenvalue weighted by molar-refractivity contribution is 0.0591. The third-order valence-electron chi connectivity index (χ3n) is 13.7. The van der Waals surface area contributed by atoms with Gasteiger partial charge in [0, 0.05) is 12.8 Å². The van der Waals surface area contributed by atoms with Gasteiger partial charge < -0.3 is 37.9 Å². The van der Waals surface area contributed by atoms with Crippen LogP contribution >= 0.6 is 0 Å². The molecule has 0 aromatic heterocycles. The molecule has 16 heteroatoms. The molecule has 8 aromatic rings. The van der Waals surface area contributed by atoms with Gasteiger partial charge in [0.25, 0.3) is 0 Å². The van der Waals surface area contributed by atoms with Crippen LogP contribution in [0.1, 0.15) is 138 Å². The molecule has 86 heavy (non-hydrogen) atoms. The second kappa shape index (κ2) is 31.3. The van der Waals surface area contributed by atoms with Gasteiger partial charge in [0.15, 0.2) is 25.1 Å². The predicted octanol–water partition coefficient (Wildman–Crippen LogP) is 12.0. The highest BCUT2D eigenvalue weighted by atomic mass is 16.5. The predicted molar refractivity (Wildman–Crippen MR) is 321 cm³/mol. The summed E-state index contributed by atoms with van der Waals surface area (Å²) in [4.78, 5) is 94.4. The minimum atomic E-state index is -0.437. The summed E-state index contributed by atoms with van der Waals surface area (Å²) in [5, 5.41) is 0. The van der Waals surface area contributed by atoms with E-state index in [9.17, 15) is 38.4 Å². The van der Waals surface area contributed by atoms with Crippen molar-refractivity contribution in [2.45, 2.75) is 52.7 Å². The Hall–Kier alpha value is -10.5. The molecule has 440 valence electrons. The SMILES string of the molecule is COC(=O)c1ccc(CCOc2c(C)cc(Cc3cc(C)c(OCCc4ccc(C(=O)OC)cc4)c(C=O)c3)cc2C=O)cc1.COC(=O)c1cccc(COc2ccc(Cc3ccc(OCc4cccc(C(=O)OC)c4)c(C=O)c3)cc2C=O)c1. The third kappa shape index (κ3) is 17.3. The van der Waals surface area contributed by atoms with Crippen LogP contribution in [0.15, 0.2) is 158 Å². The summed E-state index contributed by atoms with van der Waals surface area (Å²) in [5.41, 5.74) is 12.2. The lowest BCUT2D eigenvalue weighted by atomic mass is 9.96. The molecule has 0 saturated carbocycles. The minimum absolute atomic E-state index is 0.169. The number of aldehydes is 4. The number of carbonyl (C=O) groups is 8. The molecule has 8 aromatic carbocycles. The van der Waals surface area contributed by atoms with Crippen molar-refractivity contribution in [1.29, 1.82) is 0 Å². The van der Waals surface area contributed by atoms with E-state index in [0.29, 0.717) is 106 Å². The molecule has 0 N–H and O–H groups in total. The average Bonchev–Trinajstić information content (AvgIpc) is 3.66. The van der Waals surface area contributed by atoms with E-state index < -0.39 is 11.9 Å². The van der Waals surface area contributed by atoms with Crippen molar-refractivity contribution < 1.29 is 76.3 Å². The van der Waals surface area contributed by atoms with Crippen molar-refractivity contribution in [3.8, 4) is 23.0 Å². The number of esters is 4. The Morgan fingerprint density at radius 2 is 0.674 bits per heavy atom. The standard InChI is InChI=1S/C37H36O8.C33H28O8/c1-24-17-28(20-32(22-38)34(24)44-15-13-26-5-9-30(10-6-26)36(40)42-3)19-29-18-25(2)35(33(21-29)23-39)45-16-14-27-7-11-31(12-8-27)37(41)43-4;1-38-32(36)26-7-3-5-24(16-26)20-40-30-11-9-22(14-28(30)18-34)13-23-10-12-31(29(15-23)19-35)41-21-25-6-4-8-27(17-25)33(37)39-2/h5-12,17-18,20-23H,13-16,19H2,1-4H3;3-12,14-19H,13,20-21H2,1-2H3. The van der Waals surface area contributed by atoms with Crippen LogP contribution in [0.5, 0.6) is 23.0 Å². The van der Waals surface area contributed by atoms with Crippen LogP contribution in [-0.4, -0.2) is 90.7 Å². The molecule has 0 heterocycles. The summed E-state index contributed by atoms with van der Waals surface area (Å²) in [6.45, 7) is 4.86. The van der Waals surface area contributed by atoms with Crippen molar-refractivity contribution in [3.05, 3.63) is 258 Å². The highest BCUT2D eigenvalue weighted by Crippen LogP contribution is 2.30. The van der Waals surface area contributed by atoms with Gasteiger partial charge in [-0.15, -0.1) is 0 Å². The fourth-order valence-corrected chi connectivity index (χ4v) is 9.39. The number of hydrogen-bond donors (Lipinski definition) is 0. The maximum atomic E-state index is 12.0. The van der Waals surface area contributed by atoms with E-state index >= 15 is 0 Å². The van der Waals surface area contributed by atoms with E-state index in [-0.39, 0.29) is 25.2 Å². The molecule has 0 aliphatic rings. The number of ether oxygens (including phenoxy) is 8. The molecule has 8 rings (SSSR count). The second-order valence-electron chi connectivity index (χ2n) is 19.8. The van der Waals surface area contributed by atoms with E-state index in [1.807, 2.05) is 86.6 Å². The first kappa shape index (κ1) is 63.1. The maximum absolute atomic E-state index is 12.0. The normalized spacial score (nSPS) is 10.5. The Kier molecular flexibility index (Phi) is 22.9. The van der Waals surface area contributed by atoms with Crippen LogP contribution in [0.3, 0.4) is 0 Å². The first-order valence-corrected chi connectivity index (χ1v) is 27.2. The van der Waals surface area contributed by atoms with Crippen LogP contribution in [-0.2, 0) is 57.8 Å². The van der Waals surface area contributed by atoms with Gasteiger partial charge >= 0.3 is 23.9 Å². The summed E-state index contributed by atoms with van der Waals surface area (Å²) in [7, 11) is 5.33. The number of rotatable bonds is 26. The number of benzene rings is 8. The first-order chi connectivity index (χ1) is 41.7. The van der Waals surface area contributed by atoms with Gasteiger partial charge in [-0.3, -0.25) is 19.2 Å². The molecular weight excluding hydrogens is 1100 g/mol. The molecule has 0 unspecified atom stereocenters. The molecular formula is C70H64O16. The fraction of sp³-hybridized carbons (Fsp3) is 0.200. The monoisotopic (exact) mass is 1160 g/mol. The summed E-state index contributed by atoms with van der Waals surface area (Å²) >= 11 is 0. The Balaban J connectivity index is 0.000000247. The maximum Gasteiger partial charge on any atom is 0.337 e. The van der Waals surface area contributed by atoms with Crippen LogP contribution in [0.4, 0.5) is 0 Å². The van der Waals surface area contributed by atoms with Crippen LogP contribution in [0, 0.1) is 13.8 Å². The largest absolute Gasteiger partial charge is 0.492 e. The zero-order valence-corrected chi connectivity index (χ0v) is 48.5. The van der Waals surface area contributed by atoms with Gasteiger partial charge in [-0.25, -0.2) is 19.2 Å². The zero-order chi connectivity index (χ0) is 61.5. The molecule has 0 atom stereocenters. The molecule has 0 radical (unpaired) electrons. The molecule has 0 amide bonds. The van der Waals surface area contributed by atoms with Gasteiger partial charge in [0.2, 0.25) is 0 Å². The van der Waals surface area contributed by atoms with Crippen molar-refractivity contribution in [3.63, 3.8) is 0 Å². The highest BCUT2D eigenvalue weighted by molar-refractivity contribution is 5.91. The number of hydrogen-bond acceptors (Lipinski definition) is 16. The van der Waals surface area contributed by atoms with Crippen molar-refractivity contribution >= 4 is 49.0 Å². The van der Waals surface area contributed by atoms with Crippen LogP contribution < -0.4 is 18.9 Å². The van der Waals surface area contributed by atoms with Crippen molar-refractivity contribution in [2.24, 2.45) is 0 Å². The van der Waals surface area contributed by atoms with Crippen LogP contribution in [0.25, 0.3) is 0 Å². The first-order valence-electron chi connectivity index (χ1n) is 27.2. The zero-order valence-electron chi connectivity index (χ0n) is 48.5. The number of carbonyl (C=O) groups excluding carboxylic acids is 8. The van der Waals surface area contributed by atoms with E-state index in [4.69, 9.17) is 37.9 Å². The summed E-state index contributed by atoms with van der Waals surface area (Å²) in [6.07, 6.45) is 5.24. The van der Waals surface area contributed by atoms with Gasteiger partial charge in [0.05, 0.1) is 86.2 Å². The molecule has 0 saturated heterocycles. The van der Waals surface area contributed by atoms with E-state index in [0.717, 1.165) is 80.8 Å². The third-order valence-corrected chi connectivity index (χ3v) is 13.7. The molecule has 16 nitrogen and oxygen atoms in total. The molecule has 0 bridgehead atoms. The molecule has 0 aliphatic heterocycles. The van der Waals surface area contributed by atoms with E-state index in [2.05, 4.69) is 0 Å². The van der Waals surface area contributed by atoms with E-state index in [1.54, 1.807) is 84.9 Å². The number of aryl methyl sites for hydroxylation is 2. The summed E-state index contributed by atoms with van der Waals surface area (Å²) in [5.74, 6) is 0.260. The Labute approximate surface area is 498 Å². The molecule has 0 spiro atoms. The quantitative estimate of drug-likeness (QED) is 0.0280. The van der Waals surface area contributed by atoms with Gasteiger partial charge in [-0.1, -0.05) is 72.8 Å². The minimum Gasteiger partial charge on any atom is -0.492 e. The van der Waals surface area contributed by atoms with Gasteiger partial charge in [-0.2, -0.15) is 0 Å². The fourth-order valence-electron chi connectivity index (χ4n) is 9.39. The topological polar surface area (TPSA) is 210 Å². The summed E-state index contributed by atoms with van der Waals surface area (Å²) in [6, 6.07) is 46.3. The average molecular weight is 1160 g/mol. The Bertz CT molecular complexity index is 3490. The van der Waals surface area contributed by atoms with Crippen molar-refractivity contribution in [2.75, 3.05) is 41.7 Å². The van der Waals surface area contributed by atoms with Crippen LogP contribution in [0.2, 0.25) is 0 Å². The van der Waals surface area contributed by atoms with Gasteiger partial charge in [-0.05, 0) is 167 Å². The van der Waals surface area contributed by atoms with E-state index in [1.165, 1.54) is 28.4 Å². The smallest absolute Gasteiger partial charge is 0.337 e.